The van der Waals surface area contributed by atoms with Crippen LogP contribution in [0.4, 0.5) is 0 Å². The quantitative estimate of drug-likeness (QED) is 0.794. The summed E-state index contributed by atoms with van der Waals surface area (Å²) in [6.07, 6.45) is 0.403. The first-order valence-corrected chi connectivity index (χ1v) is 5.40. The molecule has 1 aromatic rings. The number of rotatable bonds is 5. The van der Waals surface area contributed by atoms with Crippen LogP contribution in [0.15, 0.2) is 30.3 Å². The molecule has 0 aliphatic rings. The summed E-state index contributed by atoms with van der Waals surface area (Å²) in [5.74, 6) is 0. The highest BCUT2D eigenvalue weighted by molar-refractivity contribution is 5.19. The Morgan fingerprint density at radius 2 is 2.00 bits per heavy atom. The maximum atomic E-state index is 9.64. The van der Waals surface area contributed by atoms with Crippen molar-refractivity contribution in [3.8, 4) is 6.07 Å². The van der Waals surface area contributed by atoms with Gasteiger partial charge in [0, 0.05) is 12.6 Å². The van der Waals surface area contributed by atoms with E-state index in [0.717, 1.165) is 5.56 Å². The number of hydrogen-bond donors (Lipinski definition) is 2. The molecule has 3 nitrogen and oxygen atoms in total. The zero-order chi connectivity index (χ0) is 12.0. The molecule has 16 heavy (non-hydrogen) atoms. The third-order valence-corrected chi connectivity index (χ3v) is 2.28. The molecule has 0 spiro atoms. The molecule has 0 aromatic heterocycles. The predicted molar refractivity (Wildman–Crippen MR) is 63.7 cm³/mol. The van der Waals surface area contributed by atoms with Crippen molar-refractivity contribution in [2.24, 2.45) is 0 Å². The highest BCUT2D eigenvalue weighted by Crippen LogP contribution is 2.16. The Kier molecular flexibility index (Phi) is 4.48. The van der Waals surface area contributed by atoms with E-state index in [1.807, 2.05) is 30.3 Å². The average molecular weight is 218 g/mol. The second kappa shape index (κ2) is 5.64. The summed E-state index contributed by atoms with van der Waals surface area (Å²) in [5, 5.41) is 21.6. The number of hydrogen-bond acceptors (Lipinski definition) is 3. The summed E-state index contributed by atoms with van der Waals surface area (Å²) in [6, 6.07) is 12.0. The molecule has 0 saturated carbocycles. The van der Waals surface area contributed by atoms with Crippen LogP contribution in [0.1, 0.15) is 31.9 Å². The van der Waals surface area contributed by atoms with Crippen LogP contribution >= 0.6 is 0 Å². The van der Waals surface area contributed by atoms with Gasteiger partial charge in [0.25, 0.3) is 0 Å². The lowest BCUT2D eigenvalue weighted by molar-refractivity contribution is 0.0765. The Bertz CT molecular complexity index is 348. The molecule has 0 bridgehead atoms. The summed E-state index contributed by atoms with van der Waals surface area (Å²) >= 11 is 0. The zero-order valence-electron chi connectivity index (χ0n) is 9.77. The van der Waals surface area contributed by atoms with E-state index in [2.05, 4.69) is 11.4 Å². The monoisotopic (exact) mass is 218 g/mol. The largest absolute Gasteiger partial charge is 0.389 e. The number of aliphatic hydroxyl groups is 1. The minimum absolute atomic E-state index is 0.0161. The van der Waals surface area contributed by atoms with Gasteiger partial charge in [0.05, 0.1) is 18.1 Å². The van der Waals surface area contributed by atoms with E-state index in [1.54, 1.807) is 13.8 Å². The fourth-order valence-electron chi connectivity index (χ4n) is 1.46. The molecule has 0 fully saturated rings. The van der Waals surface area contributed by atoms with Gasteiger partial charge in [0.15, 0.2) is 0 Å². The number of nitriles is 1. The van der Waals surface area contributed by atoms with Crippen LogP contribution in [0.25, 0.3) is 0 Å². The van der Waals surface area contributed by atoms with E-state index in [-0.39, 0.29) is 6.04 Å². The zero-order valence-corrected chi connectivity index (χ0v) is 9.77. The van der Waals surface area contributed by atoms with Crippen LogP contribution < -0.4 is 5.32 Å². The predicted octanol–water partition coefficient (Wildman–Crippen LogP) is 2.00. The van der Waals surface area contributed by atoms with Gasteiger partial charge in [0.2, 0.25) is 0 Å². The van der Waals surface area contributed by atoms with Crippen molar-refractivity contribution in [2.45, 2.75) is 31.9 Å². The van der Waals surface area contributed by atoms with Crippen LogP contribution in [0, 0.1) is 11.3 Å². The Labute approximate surface area is 96.7 Å². The Morgan fingerprint density at radius 1 is 1.38 bits per heavy atom. The van der Waals surface area contributed by atoms with Crippen molar-refractivity contribution >= 4 is 0 Å². The SMILES string of the molecule is CC(C)(O)CNC(CC#N)c1ccccc1. The Balaban J connectivity index is 2.66. The summed E-state index contributed by atoms with van der Waals surface area (Å²) in [6.45, 7) is 3.96. The van der Waals surface area contributed by atoms with Crippen LogP contribution in [0.3, 0.4) is 0 Å². The van der Waals surface area contributed by atoms with Crippen molar-refractivity contribution < 1.29 is 5.11 Å². The van der Waals surface area contributed by atoms with Crippen LogP contribution in [0.5, 0.6) is 0 Å². The molecular weight excluding hydrogens is 200 g/mol. The first-order valence-electron chi connectivity index (χ1n) is 5.40. The second-order valence-electron chi connectivity index (χ2n) is 4.52. The second-order valence-corrected chi connectivity index (χ2v) is 4.52. The van der Waals surface area contributed by atoms with Gasteiger partial charge in [-0.15, -0.1) is 0 Å². The van der Waals surface area contributed by atoms with E-state index in [0.29, 0.717) is 13.0 Å². The molecule has 0 heterocycles. The minimum atomic E-state index is -0.761. The first-order chi connectivity index (χ1) is 7.53. The molecule has 0 aliphatic heterocycles. The molecular formula is C13H18N2O. The van der Waals surface area contributed by atoms with Crippen LogP contribution in [0.2, 0.25) is 0 Å². The highest BCUT2D eigenvalue weighted by atomic mass is 16.3. The van der Waals surface area contributed by atoms with E-state index in [9.17, 15) is 5.11 Å². The summed E-state index contributed by atoms with van der Waals surface area (Å²) in [5.41, 5.74) is 0.316. The number of nitrogens with one attached hydrogen (secondary N) is 1. The number of nitrogens with zero attached hydrogens (tertiary/aromatic N) is 1. The van der Waals surface area contributed by atoms with Crippen molar-refractivity contribution in [2.75, 3.05) is 6.54 Å². The van der Waals surface area contributed by atoms with E-state index in [4.69, 9.17) is 5.26 Å². The van der Waals surface area contributed by atoms with E-state index >= 15 is 0 Å². The molecule has 2 N–H and O–H groups in total. The van der Waals surface area contributed by atoms with E-state index < -0.39 is 5.60 Å². The van der Waals surface area contributed by atoms with Crippen molar-refractivity contribution in [1.82, 2.24) is 5.32 Å². The lowest BCUT2D eigenvalue weighted by Crippen LogP contribution is -2.36. The van der Waals surface area contributed by atoms with Gasteiger partial charge in [-0.25, -0.2) is 0 Å². The molecule has 86 valence electrons. The summed E-state index contributed by atoms with van der Waals surface area (Å²) in [7, 11) is 0. The van der Waals surface area contributed by atoms with Gasteiger partial charge in [-0.3, -0.25) is 0 Å². The fraction of sp³-hybridized carbons (Fsp3) is 0.462. The van der Waals surface area contributed by atoms with Crippen LogP contribution in [-0.4, -0.2) is 17.3 Å². The van der Waals surface area contributed by atoms with Crippen LogP contribution in [-0.2, 0) is 0 Å². The molecule has 1 atom stereocenters. The number of benzene rings is 1. The lowest BCUT2D eigenvalue weighted by Gasteiger charge is -2.23. The molecule has 0 saturated heterocycles. The Morgan fingerprint density at radius 3 is 2.50 bits per heavy atom. The standard InChI is InChI=1S/C13H18N2O/c1-13(2,16)10-15-12(8-9-14)11-6-4-3-5-7-11/h3-7,12,15-16H,8,10H2,1-2H3. The topological polar surface area (TPSA) is 56.0 Å². The highest BCUT2D eigenvalue weighted by Gasteiger charge is 2.16. The molecule has 0 aliphatic carbocycles. The van der Waals surface area contributed by atoms with Crippen molar-refractivity contribution in [1.29, 1.82) is 5.26 Å². The summed E-state index contributed by atoms with van der Waals surface area (Å²) in [4.78, 5) is 0. The van der Waals surface area contributed by atoms with Gasteiger partial charge in [-0.05, 0) is 19.4 Å². The fourth-order valence-corrected chi connectivity index (χ4v) is 1.46. The minimum Gasteiger partial charge on any atom is -0.389 e. The average Bonchev–Trinajstić information content (AvgIpc) is 2.24. The molecule has 3 heteroatoms. The van der Waals surface area contributed by atoms with Gasteiger partial charge < -0.3 is 10.4 Å². The third-order valence-electron chi connectivity index (χ3n) is 2.28. The maximum absolute atomic E-state index is 9.64. The smallest absolute Gasteiger partial charge is 0.0715 e. The van der Waals surface area contributed by atoms with Gasteiger partial charge in [-0.1, -0.05) is 30.3 Å². The maximum Gasteiger partial charge on any atom is 0.0715 e. The first kappa shape index (κ1) is 12.7. The molecule has 0 radical (unpaired) electrons. The normalized spacial score (nSPS) is 13.1. The lowest BCUT2D eigenvalue weighted by atomic mass is 10.0. The molecule has 1 rings (SSSR count). The molecule has 0 amide bonds. The van der Waals surface area contributed by atoms with Gasteiger partial charge in [0.1, 0.15) is 0 Å². The summed E-state index contributed by atoms with van der Waals surface area (Å²) < 4.78 is 0. The van der Waals surface area contributed by atoms with Gasteiger partial charge in [-0.2, -0.15) is 5.26 Å². The van der Waals surface area contributed by atoms with Crippen molar-refractivity contribution in [3.63, 3.8) is 0 Å². The Hall–Kier alpha value is -1.37. The van der Waals surface area contributed by atoms with Crippen molar-refractivity contribution in [3.05, 3.63) is 35.9 Å². The van der Waals surface area contributed by atoms with Gasteiger partial charge >= 0.3 is 0 Å². The van der Waals surface area contributed by atoms with E-state index in [1.165, 1.54) is 0 Å². The molecule has 1 aromatic carbocycles. The third kappa shape index (κ3) is 4.43. The molecule has 1 unspecified atom stereocenters.